The van der Waals surface area contributed by atoms with Crippen molar-refractivity contribution in [3.8, 4) is 0 Å². The average Bonchev–Trinajstić information content (AvgIpc) is 2.29. The average molecular weight is 227 g/mol. The largest absolute Gasteiger partial charge is 0.458 e. The summed E-state index contributed by atoms with van der Waals surface area (Å²) < 4.78 is 5.34. The van der Waals surface area contributed by atoms with E-state index in [1.165, 1.54) is 0 Å². The van der Waals surface area contributed by atoms with Gasteiger partial charge in [-0.05, 0) is 27.7 Å². The first-order chi connectivity index (χ1) is 7.08. The molecule has 0 aliphatic carbocycles. The minimum atomic E-state index is -0.899. The summed E-state index contributed by atoms with van der Waals surface area (Å²) in [5, 5.41) is 2.74. The SMILES string of the molecule is C[C@@H]1C(=O)N[C@](C)(C(=O)OC(C)(C)C)[C@@H]1C. The number of carbonyl (C=O) groups is 2. The molecule has 1 aliphatic rings. The molecule has 16 heavy (non-hydrogen) atoms. The highest BCUT2D eigenvalue weighted by molar-refractivity contribution is 5.93. The lowest BCUT2D eigenvalue weighted by Crippen LogP contribution is -2.52. The third-order valence-electron chi connectivity index (χ3n) is 3.28. The summed E-state index contributed by atoms with van der Waals surface area (Å²) in [7, 11) is 0. The molecule has 92 valence electrons. The van der Waals surface area contributed by atoms with Crippen LogP contribution in [0.4, 0.5) is 0 Å². The monoisotopic (exact) mass is 227 g/mol. The Bertz CT molecular complexity index is 319. The minimum absolute atomic E-state index is 0.0603. The fourth-order valence-electron chi connectivity index (χ4n) is 1.83. The highest BCUT2D eigenvalue weighted by atomic mass is 16.6. The molecule has 0 spiro atoms. The van der Waals surface area contributed by atoms with Gasteiger partial charge in [0.05, 0.1) is 0 Å². The summed E-state index contributed by atoms with van der Waals surface area (Å²) in [6.45, 7) is 10.9. The molecule has 0 radical (unpaired) electrons. The van der Waals surface area contributed by atoms with Crippen molar-refractivity contribution in [2.45, 2.75) is 52.7 Å². The van der Waals surface area contributed by atoms with Crippen LogP contribution in [0, 0.1) is 11.8 Å². The standard InChI is InChI=1S/C12H21NO3/c1-7-8(2)12(6,13-9(7)14)10(15)16-11(3,4)5/h7-8H,1-6H3,(H,13,14)/t7-,8+,12-/m0/s1. The molecule has 4 heteroatoms. The quantitative estimate of drug-likeness (QED) is 0.690. The third kappa shape index (κ3) is 2.20. The summed E-state index contributed by atoms with van der Waals surface area (Å²) in [5.41, 5.74) is -1.43. The lowest BCUT2D eigenvalue weighted by atomic mass is 9.83. The van der Waals surface area contributed by atoms with Crippen molar-refractivity contribution in [1.29, 1.82) is 0 Å². The van der Waals surface area contributed by atoms with Gasteiger partial charge in [0, 0.05) is 11.8 Å². The van der Waals surface area contributed by atoms with Gasteiger partial charge in [0.2, 0.25) is 5.91 Å². The number of nitrogens with one attached hydrogen (secondary N) is 1. The van der Waals surface area contributed by atoms with E-state index in [-0.39, 0.29) is 23.7 Å². The van der Waals surface area contributed by atoms with Crippen molar-refractivity contribution >= 4 is 11.9 Å². The second kappa shape index (κ2) is 3.75. The van der Waals surface area contributed by atoms with E-state index in [9.17, 15) is 9.59 Å². The van der Waals surface area contributed by atoms with Gasteiger partial charge in [0.1, 0.15) is 11.1 Å². The van der Waals surface area contributed by atoms with Crippen molar-refractivity contribution < 1.29 is 14.3 Å². The van der Waals surface area contributed by atoms with Crippen molar-refractivity contribution in [2.24, 2.45) is 11.8 Å². The number of hydrogen-bond donors (Lipinski definition) is 1. The highest BCUT2D eigenvalue weighted by Crippen LogP contribution is 2.33. The Kier molecular flexibility index (Phi) is 3.05. The molecule has 0 bridgehead atoms. The Morgan fingerprint density at radius 3 is 2.19 bits per heavy atom. The van der Waals surface area contributed by atoms with E-state index in [0.29, 0.717) is 0 Å². The smallest absolute Gasteiger partial charge is 0.332 e. The van der Waals surface area contributed by atoms with Crippen LogP contribution in [0.3, 0.4) is 0 Å². The molecule has 3 atom stereocenters. The van der Waals surface area contributed by atoms with Crippen LogP contribution in [0.5, 0.6) is 0 Å². The first-order valence-corrected chi connectivity index (χ1v) is 5.63. The third-order valence-corrected chi connectivity index (χ3v) is 3.28. The predicted octanol–water partition coefficient (Wildman–Crippen LogP) is 1.49. The Morgan fingerprint density at radius 1 is 1.38 bits per heavy atom. The second-order valence-electron chi connectivity index (χ2n) is 5.77. The molecule has 0 saturated carbocycles. The second-order valence-corrected chi connectivity index (χ2v) is 5.77. The lowest BCUT2D eigenvalue weighted by Gasteiger charge is -2.31. The normalized spacial score (nSPS) is 34.8. The van der Waals surface area contributed by atoms with E-state index in [4.69, 9.17) is 4.74 Å². The number of carbonyl (C=O) groups excluding carboxylic acids is 2. The number of hydrogen-bond acceptors (Lipinski definition) is 3. The molecule has 1 heterocycles. The molecule has 1 amide bonds. The van der Waals surface area contributed by atoms with Crippen molar-refractivity contribution in [1.82, 2.24) is 5.32 Å². The molecule has 1 fully saturated rings. The molecule has 1 N–H and O–H groups in total. The van der Waals surface area contributed by atoms with E-state index >= 15 is 0 Å². The van der Waals surface area contributed by atoms with E-state index in [2.05, 4.69) is 5.32 Å². The van der Waals surface area contributed by atoms with Gasteiger partial charge in [-0.15, -0.1) is 0 Å². The van der Waals surface area contributed by atoms with Crippen LogP contribution < -0.4 is 5.32 Å². The maximum atomic E-state index is 12.0. The molecular weight excluding hydrogens is 206 g/mol. The molecular formula is C12H21NO3. The van der Waals surface area contributed by atoms with Crippen molar-refractivity contribution in [3.05, 3.63) is 0 Å². The van der Waals surface area contributed by atoms with Crippen LogP contribution in [-0.2, 0) is 14.3 Å². The van der Waals surface area contributed by atoms with Gasteiger partial charge in [0.25, 0.3) is 0 Å². The molecule has 1 rings (SSSR count). The maximum Gasteiger partial charge on any atom is 0.332 e. The van der Waals surface area contributed by atoms with Crippen molar-refractivity contribution in [2.75, 3.05) is 0 Å². The summed E-state index contributed by atoms with van der Waals surface area (Å²) in [6, 6.07) is 0. The Labute approximate surface area is 96.7 Å². The summed E-state index contributed by atoms with van der Waals surface area (Å²) >= 11 is 0. The molecule has 1 saturated heterocycles. The molecule has 4 nitrogen and oxygen atoms in total. The van der Waals surface area contributed by atoms with Gasteiger partial charge in [-0.1, -0.05) is 13.8 Å². The Balaban J connectivity index is 2.87. The molecule has 0 aromatic heterocycles. The zero-order chi connectivity index (χ0) is 12.7. The highest BCUT2D eigenvalue weighted by Gasteiger charge is 2.52. The topological polar surface area (TPSA) is 55.4 Å². The maximum absolute atomic E-state index is 12.0. The van der Waals surface area contributed by atoms with E-state index in [1.54, 1.807) is 6.92 Å². The lowest BCUT2D eigenvalue weighted by molar-refractivity contribution is -0.164. The zero-order valence-corrected chi connectivity index (χ0v) is 10.9. The zero-order valence-electron chi connectivity index (χ0n) is 10.9. The van der Waals surface area contributed by atoms with Crippen molar-refractivity contribution in [3.63, 3.8) is 0 Å². The van der Waals surface area contributed by atoms with Gasteiger partial charge in [-0.25, -0.2) is 4.79 Å². The molecule has 0 aromatic carbocycles. The number of ether oxygens (including phenoxy) is 1. The van der Waals surface area contributed by atoms with E-state index in [1.807, 2.05) is 34.6 Å². The first kappa shape index (κ1) is 13.0. The van der Waals surface area contributed by atoms with Gasteiger partial charge < -0.3 is 10.1 Å². The van der Waals surface area contributed by atoms with Crippen LogP contribution in [0.1, 0.15) is 41.5 Å². The first-order valence-electron chi connectivity index (χ1n) is 5.63. The molecule has 0 unspecified atom stereocenters. The predicted molar refractivity (Wildman–Crippen MR) is 60.7 cm³/mol. The summed E-state index contributed by atoms with van der Waals surface area (Å²) in [4.78, 5) is 23.6. The van der Waals surface area contributed by atoms with Gasteiger partial charge in [-0.3, -0.25) is 4.79 Å². The van der Waals surface area contributed by atoms with Crippen LogP contribution >= 0.6 is 0 Å². The van der Waals surface area contributed by atoms with Crippen LogP contribution in [0.2, 0.25) is 0 Å². The molecule has 1 aliphatic heterocycles. The van der Waals surface area contributed by atoms with Gasteiger partial charge >= 0.3 is 5.97 Å². The van der Waals surface area contributed by atoms with Crippen LogP contribution in [-0.4, -0.2) is 23.0 Å². The van der Waals surface area contributed by atoms with Gasteiger partial charge in [0.15, 0.2) is 0 Å². The van der Waals surface area contributed by atoms with E-state index < -0.39 is 11.1 Å². The number of esters is 1. The fraction of sp³-hybridized carbons (Fsp3) is 0.833. The Morgan fingerprint density at radius 2 is 1.88 bits per heavy atom. The van der Waals surface area contributed by atoms with E-state index in [0.717, 1.165) is 0 Å². The summed E-state index contributed by atoms with van der Waals surface area (Å²) in [6.07, 6.45) is 0. The summed E-state index contributed by atoms with van der Waals surface area (Å²) in [5.74, 6) is -0.654. The fourth-order valence-corrected chi connectivity index (χ4v) is 1.83. The van der Waals surface area contributed by atoms with Crippen LogP contribution in [0.15, 0.2) is 0 Å². The number of rotatable bonds is 1. The molecule has 0 aromatic rings. The minimum Gasteiger partial charge on any atom is -0.458 e. The number of amides is 1. The van der Waals surface area contributed by atoms with Gasteiger partial charge in [-0.2, -0.15) is 0 Å². The Hall–Kier alpha value is -1.06. The van der Waals surface area contributed by atoms with Crippen LogP contribution in [0.25, 0.3) is 0 Å².